The molecule has 0 radical (unpaired) electrons. The third-order valence-corrected chi connectivity index (χ3v) is 6.51. The fourth-order valence-corrected chi connectivity index (χ4v) is 5.93. The molecule has 1 heterocycles. The number of amidine groups is 1. The molecule has 4 aliphatic carbocycles. The van der Waals surface area contributed by atoms with Crippen LogP contribution < -0.4 is 5.32 Å². The van der Waals surface area contributed by atoms with Crippen LogP contribution in [0.15, 0.2) is 4.99 Å². The average Bonchev–Trinajstić information content (AvgIpc) is 2.38. The summed E-state index contributed by atoms with van der Waals surface area (Å²) >= 11 is 0. The molecule has 0 amide bonds. The Hall–Kier alpha value is -0.530. The van der Waals surface area contributed by atoms with Gasteiger partial charge in [-0.1, -0.05) is 0 Å². The molecule has 4 fully saturated rings. The highest BCUT2D eigenvalue weighted by molar-refractivity contribution is 5.83. The van der Waals surface area contributed by atoms with Crippen molar-refractivity contribution in [2.45, 2.75) is 70.8 Å². The highest BCUT2D eigenvalue weighted by Gasteiger charge is 2.53. The van der Waals surface area contributed by atoms with Gasteiger partial charge >= 0.3 is 0 Å². The van der Waals surface area contributed by atoms with Crippen molar-refractivity contribution in [3.05, 3.63) is 0 Å². The molecular weight excluding hydrogens is 232 g/mol. The number of aliphatic imine (C=N–C) groups is 1. The van der Waals surface area contributed by atoms with E-state index in [0.29, 0.717) is 11.5 Å². The van der Waals surface area contributed by atoms with Crippen LogP contribution in [0.3, 0.4) is 0 Å². The summed E-state index contributed by atoms with van der Waals surface area (Å²) in [7, 11) is 0. The lowest BCUT2D eigenvalue weighted by molar-refractivity contribution is -0.0673. The van der Waals surface area contributed by atoms with Crippen LogP contribution in [0.25, 0.3) is 0 Å². The summed E-state index contributed by atoms with van der Waals surface area (Å²) in [5, 5.41) is 3.83. The Bertz CT molecular complexity index is 349. The first-order valence-electron chi connectivity index (χ1n) is 8.53. The van der Waals surface area contributed by atoms with Crippen LogP contribution in [0.4, 0.5) is 0 Å². The smallest absolute Gasteiger partial charge is 0.0965 e. The van der Waals surface area contributed by atoms with Gasteiger partial charge < -0.3 is 5.32 Å². The van der Waals surface area contributed by atoms with Crippen molar-refractivity contribution in [1.29, 1.82) is 0 Å². The Balaban J connectivity index is 1.49. The van der Waals surface area contributed by atoms with E-state index >= 15 is 0 Å². The van der Waals surface area contributed by atoms with Crippen molar-refractivity contribution in [2.24, 2.45) is 28.2 Å². The fraction of sp³-hybridized carbons (Fsp3) is 0.941. The largest absolute Gasteiger partial charge is 0.371 e. The molecule has 0 spiro atoms. The lowest BCUT2D eigenvalue weighted by Gasteiger charge is -2.59. The maximum absolute atomic E-state index is 4.70. The first-order chi connectivity index (χ1) is 9.23. The summed E-state index contributed by atoms with van der Waals surface area (Å²) in [6, 6.07) is 0.651. The van der Waals surface area contributed by atoms with Gasteiger partial charge in [-0.25, -0.2) is 0 Å². The van der Waals surface area contributed by atoms with Crippen LogP contribution in [0.1, 0.15) is 64.7 Å². The van der Waals surface area contributed by atoms with Gasteiger partial charge in [-0.15, -0.1) is 0 Å². The minimum absolute atomic E-state index is 0.620. The first kappa shape index (κ1) is 12.2. The van der Waals surface area contributed by atoms with E-state index in [1.54, 1.807) is 19.3 Å². The van der Waals surface area contributed by atoms with Gasteiger partial charge in [0, 0.05) is 19.0 Å². The average molecular weight is 260 g/mol. The summed E-state index contributed by atoms with van der Waals surface area (Å²) in [4.78, 5) is 4.70. The van der Waals surface area contributed by atoms with E-state index in [4.69, 9.17) is 4.99 Å². The lowest BCUT2D eigenvalue weighted by Crippen LogP contribution is -2.56. The number of rotatable bonds is 2. The van der Waals surface area contributed by atoms with Gasteiger partial charge in [-0.3, -0.25) is 4.99 Å². The second-order valence-electron chi connectivity index (χ2n) is 7.93. The molecular formula is C17H28N2. The standard InChI is InChI=1S/C17H28N2/c1-12(19-16-4-2-3-5-18-16)17-9-13-6-14(10-17)8-15(7-13)11-17/h12-15H,2-11H2,1H3,(H,18,19). The van der Waals surface area contributed by atoms with E-state index in [-0.39, 0.29) is 0 Å². The fourth-order valence-electron chi connectivity index (χ4n) is 5.93. The first-order valence-corrected chi connectivity index (χ1v) is 8.53. The van der Waals surface area contributed by atoms with Gasteiger partial charge in [0.1, 0.15) is 0 Å². The van der Waals surface area contributed by atoms with Crippen molar-refractivity contribution in [1.82, 2.24) is 5.32 Å². The maximum Gasteiger partial charge on any atom is 0.0965 e. The third kappa shape index (κ3) is 2.11. The van der Waals surface area contributed by atoms with Gasteiger partial charge in [0.25, 0.3) is 0 Å². The van der Waals surface area contributed by atoms with Gasteiger partial charge in [0.2, 0.25) is 0 Å². The van der Waals surface area contributed by atoms with Crippen LogP contribution >= 0.6 is 0 Å². The highest BCUT2D eigenvalue weighted by atomic mass is 15.0. The van der Waals surface area contributed by atoms with Crippen molar-refractivity contribution in [3.63, 3.8) is 0 Å². The summed E-state index contributed by atoms with van der Waals surface area (Å²) in [6.07, 6.45) is 13.0. The van der Waals surface area contributed by atoms with E-state index in [0.717, 1.165) is 24.3 Å². The highest BCUT2D eigenvalue weighted by Crippen LogP contribution is 2.61. The topological polar surface area (TPSA) is 24.4 Å². The van der Waals surface area contributed by atoms with Crippen LogP contribution in [-0.4, -0.2) is 18.4 Å². The minimum atomic E-state index is 0.620. The molecule has 5 rings (SSSR count). The monoisotopic (exact) mass is 260 g/mol. The zero-order valence-corrected chi connectivity index (χ0v) is 12.3. The number of hydrogen-bond donors (Lipinski definition) is 1. The summed E-state index contributed by atoms with van der Waals surface area (Å²) in [5.74, 6) is 4.49. The zero-order valence-electron chi connectivity index (χ0n) is 12.3. The van der Waals surface area contributed by atoms with Crippen molar-refractivity contribution in [2.75, 3.05) is 6.54 Å². The lowest BCUT2D eigenvalue weighted by atomic mass is 9.48. The molecule has 2 heteroatoms. The van der Waals surface area contributed by atoms with Crippen molar-refractivity contribution >= 4 is 5.84 Å². The Labute approximate surface area is 117 Å². The molecule has 4 saturated carbocycles. The molecule has 1 atom stereocenters. The van der Waals surface area contributed by atoms with Gasteiger partial charge in [0.15, 0.2) is 0 Å². The maximum atomic E-state index is 4.70. The molecule has 1 aliphatic heterocycles. The molecule has 1 N–H and O–H groups in total. The van der Waals surface area contributed by atoms with E-state index in [9.17, 15) is 0 Å². The molecule has 19 heavy (non-hydrogen) atoms. The number of nitrogens with one attached hydrogen (secondary N) is 1. The summed E-state index contributed by atoms with van der Waals surface area (Å²) < 4.78 is 0. The summed E-state index contributed by atoms with van der Waals surface area (Å²) in [5.41, 5.74) is 0.620. The predicted octanol–water partition coefficient (Wildman–Crippen LogP) is 3.76. The predicted molar refractivity (Wildman–Crippen MR) is 79.4 cm³/mol. The van der Waals surface area contributed by atoms with Gasteiger partial charge in [-0.2, -0.15) is 0 Å². The van der Waals surface area contributed by atoms with Crippen LogP contribution in [0.2, 0.25) is 0 Å². The molecule has 0 aromatic rings. The summed E-state index contributed by atoms with van der Waals surface area (Å²) in [6.45, 7) is 3.50. The molecule has 1 unspecified atom stereocenters. The van der Waals surface area contributed by atoms with E-state index in [2.05, 4.69) is 12.2 Å². The normalized spacial score (nSPS) is 45.9. The SMILES string of the molecule is CC(NC1=NCCCC1)C12CC3CC(CC(C3)C1)C2. The number of hydrogen-bond acceptors (Lipinski definition) is 2. The van der Waals surface area contributed by atoms with Crippen molar-refractivity contribution < 1.29 is 0 Å². The molecule has 4 bridgehead atoms. The third-order valence-electron chi connectivity index (χ3n) is 6.51. The second-order valence-corrected chi connectivity index (χ2v) is 7.93. The minimum Gasteiger partial charge on any atom is -0.371 e. The van der Waals surface area contributed by atoms with Gasteiger partial charge in [0.05, 0.1) is 5.84 Å². The van der Waals surface area contributed by atoms with Gasteiger partial charge in [-0.05, 0) is 81.5 Å². The quantitative estimate of drug-likeness (QED) is 0.803. The molecule has 106 valence electrons. The molecule has 5 aliphatic rings. The van der Waals surface area contributed by atoms with Crippen molar-refractivity contribution in [3.8, 4) is 0 Å². The Morgan fingerprint density at radius 2 is 1.68 bits per heavy atom. The molecule has 2 nitrogen and oxygen atoms in total. The Kier molecular flexibility index (Phi) is 2.89. The van der Waals surface area contributed by atoms with Crippen LogP contribution in [0, 0.1) is 23.2 Å². The molecule has 0 aromatic carbocycles. The van der Waals surface area contributed by atoms with E-state index < -0.39 is 0 Å². The Morgan fingerprint density at radius 1 is 1.05 bits per heavy atom. The van der Waals surface area contributed by atoms with E-state index in [1.165, 1.54) is 44.4 Å². The zero-order chi connectivity index (χ0) is 12.9. The molecule has 0 saturated heterocycles. The number of nitrogens with zero attached hydrogens (tertiary/aromatic N) is 1. The van der Waals surface area contributed by atoms with E-state index in [1.807, 2.05) is 0 Å². The van der Waals surface area contributed by atoms with Crippen LogP contribution in [-0.2, 0) is 0 Å². The second kappa shape index (κ2) is 4.49. The Morgan fingerprint density at radius 3 is 2.21 bits per heavy atom. The van der Waals surface area contributed by atoms with Crippen LogP contribution in [0.5, 0.6) is 0 Å². The molecule has 0 aromatic heterocycles.